The van der Waals surface area contributed by atoms with Gasteiger partial charge in [0.25, 0.3) is 0 Å². The third kappa shape index (κ3) is 5.48. The van der Waals surface area contributed by atoms with Gasteiger partial charge in [-0.2, -0.15) is 0 Å². The Labute approximate surface area is 91.3 Å². The van der Waals surface area contributed by atoms with E-state index in [1.807, 2.05) is 0 Å². The molecule has 1 nitrogen and oxygen atoms in total. The van der Waals surface area contributed by atoms with Crippen LogP contribution in [0.25, 0.3) is 0 Å². The maximum atomic E-state index is 3.50. The maximum absolute atomic E-state index is 3.50. The van der Waals surface area contributed by atoms with Crippen LogP contribution in [0.1, 0.15) is 33.6 Å². The van der Waals surface area contributed by atoms with Crippen molar-refractivity contribution in [1.29, 1.82) is 0 Å². The molecule has 0 amide bonds. The summed E-state index contributed by atoms with van der Waals surface area (Å²) < 4.78 is 0. The first-order valence-electron chi connectivity index (χ1n) is 5.21. The normalized spacial score (nSPS) is 12.2. The zero-order chi connectivity index (χ0) is 10.1. The quantitative estimate of drug-likeness (QED) is 0.492. The Bertz CT molecular complexity index is 130. The molecule has 0 aliphatic carbocycles. The van der Waals surface area contributed by atoms with Crippen LogP contribution < -0.4 is 0 Å². The molecule has 13 heavy (non-hydrogen) atoms. The lowest BCUT2D eigenvalue weighted by Crippen LogP contribution is -2.36. The molecular formula is C11H22BrN. The van der Waals surface area contributed by atoms with Gasteiger partial charge in [0.2, 0.25) is 0 Å². The van der Waals surface area contributed by atoms with Crippen molar-refractivity contribution in [2.75, 3.05) is 18.4 Å². The summed E-state index contributed by atoms with van der Waals surface area (Å²) >= 11 is 3.50. The van der Waals surface area contributed by atoms with E-state index in [0.717, 1.165) is 24.5 Å². The Morgan fingerprint density at radius 2 is 1.92 bits per heavy atom. The standard InChI is InChI=1S/C11H22BrN/c1-4-7-9-13(10-8-12)11(5-2)6-3/h4,7,11H,5-6,8-10H2,1-3H3/b7-4+. The van der Waals surface area contributed by atoms with Crippen LogP contribution in [0.4, 0.5) is 0 Å². The molecule has 78 valence electrons. The van der Waals surface area contributed by atoms with E-state index < -0.39 is 0 Å². The van der Waals surface area contributed by atoms with Crippen LogP contribution in [-0.2, 0) is 0 Å². The third-order valence-electron chi connectivity index (χ3n) is 2.41. The van der Waals surface area contributed by atoms with Gasteiger partial charge >= 0.3 is 0 Å². The van der Waals surface area contributed by atoms with Gasteiger partial charge in [0.1, 0.15) is 0 Å². The molecule has 0 aliphatic rings. The van der Waals surface area contributed by atoms with Crippen LogP contribution in [0.15, 0.2) is 12.2 Å². The van der Waals surface area contributed by atoms with Crippen LogP contribution in [0.2, 0.25) is 0 Å². The minimum Gasteiger partial charge on any atom is -0.296 e. The summed E-state index contributed by atoms with van der Waals surface area (Å²) in [5, 5.41) is 1.07. The molecule has 0 heterocycles. The second-order valence-corrected chi connectivity index (χ2v) is 4.02. The monoisotopic (exact) mass is 247 g/mol. The maximum Gasteiger partial charge on any atom is 0.0166 e. The fraction of sp³-hybridized carbons (Fsp3) is 0.818. The number of rotatable bonds is 7. The summed E-state index contributed by atoms with van der Waals surface area (Å²) in [5.74, 6) is 0. The van der Waals surface area contributed by atoms with E-state index >= 15 is 0 Å². The molecule has 0 saturated carbocycles. The van der Waals surface area contributed by atoms with Crippen molar-refractivity contribution in [3.05, 3.63) is 12.2 Å². The van der Waals surface area contributed by atoms with Gasteiger partial charge in [-0.15, -0.1) is 0 Å². The Kier molecular flexibility index (Phi) is 8.89. The van der Waals surface area contributed by atoms with E-state index in [9.17, 15) is 0 Å². The molecule has 0 saturated heterocycles. The van der Waals surface area contributed by atoms with Gasteiger partial charge in [-0.05, 0) is 19.8 Å². The topological polar surface area (TPSA) is 3.24 Å². The van der Waals surface area contributed by atoms with Gasteiger partial charge in [0, 0.05) is 24.5 Å². The van der Waals surface area contributed by atoms with Gasteiger partial charge in [-0.1, -0.05) is 41.9 Å². The highest BCUT2D eigenvalue weighted by Gasteiger charge is 2.11. The molecule has 0 radical (unpaired) electrons. The lowest BCUT2D eigenvalue weighted by molar-refractivity contribution is 0.219. The molecule has 0 rings (SSSR count). The van der Waals surface area contributed by atoms with Gasteiger partial charge in [-0.25, -0.2) is 0 Å². The lowest BCUT2D eigenvalue weighted by atomic mass is 10.1. The van der Waals surface area contributed by atoms with Gasteiger partial charge in [0.15, 0.2) is 0 Å². The van der Waals surface area contributed by atoms with E-state index in [2.05, 4.69) is 53.8 Å². The molecule has 0 unspecified atom stereocenters. The number of hydrogen-bond donors (Lipinski definition) is 0. The minimum atomic E-state index is 0.744. The third-order valence-corrected chi connectivity index (χ3v) is 2.76. The van der Waals surface area contributed by atoms with Gasteiger partial charge in [0.05, 0.1) is 0 Å². The molecule has 0 spiro atoms. The molecule has 0 aliphatic heterocycles. The molecule has 0 aromatic heterocycles. The first kappa shape index (κ1) is 13.2. The van der Waals surface area contributed by atoms with Crippen molar-refractivity contribution in [3.63, 3.8) is 0 Å². The second-order valence-electron chi connectivity index (χ2n) is 3.22. The zero-order valence-electron chi connectivity index (χ0n) is 9.09. The highest BCUT2D eigenvalue weighted by molar-refractivity contribution is 9.09. The van der Waals surface area contributed by atoms with Crippen molar-refractivity contribution in [2.45, 2.75) is 39.7 Å². The highest BCUT2D eigenvalue weighted by Crippen LogP contribution is 2.08. The molecule has 0 atom stereocenters. The Balaban J connectivity index is 4.03. The van der Waals surface area contributed by atoms with Gasteiger partial charge < -0.3 is 0 Å². The van der Waals surface area contributed by atoms with Gasteiger partial charge in [-0.3, -0.25) is 4.90 Å². The summed E-state index contributed by atoms with van der Waals surface area (Å²) in [6.07, 6.45) is 6.87. The number of hydrogen-bond acceptors (Lipinski definition) is 1. The lowest BCUT2D eigenvalue weighted by Gasteiger charge is -2.28. The Morgan fingerprint density at radius 1 is 1.31 bits per heavy atom. The average Bonchev–Trinajstić information content (AvgIpc) is 2.16. The van der Waals surface area contributed by atoms with Crippen molar-refractivity contribution >= 4 is 15.9 Å². The van der Waals surface area contributed by atoms with Crippen LogP contribution in [0, 0.1) is 0 Å². The fourth-order valence-electron chi connectivity index (χ4n) is 1.58. The Morgan fingerprint density at radius 3 is 2.31 bits per heavy atom. The highest BCUT2D eigenvalue weighted by atomic mass is 79.9. The largest absolute Gasteiger partial charge is 0.296 e. The minimum absolute atomic E-state index is 0.744. The van der Waals surface area contributed by atoms with E-state index in [-0.39, 0.29) is 0 Å². The predicted octanol–water partition coefficient (Wildman–Crippen LogP) is 3.45. The summed E-state index contributed by atoms with van der Waals surface area (Å²) in [4.78, 5) is 2.54. The second kappa shape index (κ2) is 8.76. The first-order valence-corrected chi connectivity index (χ1v) is 6.33. The molecule has 2 heteroatoms. The molecule has 0 aromatic carbocycles. The molecule has 0 N–H and O–H groups in total. The summed E-state index contributed by atoms with van der Waals surface area (Å²) in [5.41, 5.74) is 0. The summed E-state index contributed by atoms with van der Waals surface area (Å²) in [7, 11) is 0. The SMILES string of the molecule is C/C=C/CN(CCBr)C(CC)CC. The van der Waals surface area contributed by atoms with Crippen molar-refractivity contribution in [1.82, 2.24) is 4.90 Å². The number of halogens is 1. The predicted molar refractivity (Wildman–Crippen MR) is 64.6 cm³/mol. The molecule has 0 aromatic rings. The fourth-order valence-corrected chi connectivity index (χ4v) is 2.03. The van der Waals surface area contributed by atoms with Crippen LogP contribution in [0.3, 0.4) is 0 Å². The average molecular weight is 248 g/mol. The van der Waals surface area contributed by atoms with Crippen LogP contribution in [-0.4, -0.2) is 29.4 Å². The number of nitrogens with zero attached hydrogens (tertiary/aromatic N) is 1. The molecular weight excluding hydrogens is 226 g/mol. The van der Waals surface area contributed by atoms with Crippen molar-refractivity contribution in [3.8, 4) is 0 Å². The molecule has 0 fully saturated rings. The van der Waals surface area contributed by atoms with E-state index in [0.29, 0.717) is 0 Å². The molecule has 0 bridgehead atoms. The smallest absolute Gasteiger partial charge is 0.0166 e. The summed E-state index contributed by atoms with van der Waals surface area (Å²) in [6.45, 7) is 8.86. The van der Waals surface area contributed by atoms with Crippen LogP contribution >= 0.6 is 15.9 Å². The Hall–Kier alpha value is 0.180. The van der Waals surface area contributed by atoms with E-state index in [1.54, 1.807) is 0 Å². The van der Waals surface area contributed by atoms with E-state index in [4.69, 9.17) is 0 Å². The zero-order valence-corrected chi connectivity index (χ0v) is 10.7. The number of allylic oxidation sites excluding steroid dienone is 1. The van der Waals surface area contributed by atoms with Crippen LogP contribution in [0.5, 0.6) is 0 Å². The van der Waals surface area contributed by atoms with Crippen molar-refractivity contribution < 1.29 is 0 Å². The first-order chi connectivity index (χ1) is 6.29. The van der Waals surface area contributed by atoms with E-state index in [1.165, 1.54) is 12.8 Å². The number of alkyl halides is 1. The summed E-state index contributed by atoms with van der Waals surface area (Å²) in [6, 6.07) is 0.744. The van der Waals surface area contributed by atoms with Crippen molar-refractivity contribution in [2.24, 2.45) is 0 Å².